The van der Waals surface area contributed by atoms with Crippen LogP contribution in [-0.2, 0) is 0 Å². The molecule has 0 aliphatic heterocycles. The summed E-state index contributed by atoms with van der Waals surface area (Å²) < 4.78 is 0. The normalized spacial score (nSPS) is 15.8. The Morgan fingerprint density at radius 2 is 1.94 bits per heavy atom. The van der Waals surface area contributed by atoms with Gasteiger partial charge in [0.05, 0.1) is 0 Å². The van der Waals surface area contributed by atoms with Crippen molar-refractivity contribution in [3.8, 4) is 0 Å². The minimum Gasteiger partial charge on any atom is -0.369 e. The standard InChI is InChI=1S/C12H21N5/c1-12(2,3)7-14-9-6-10(17-13)16-11(15-9)8-4-5-8/h6,8H,4-5,7,13H2,1-3H3,(H2,14,15,16,17). The van der Waals surface area contributed by atoms with E-state index in [1.54, 1.807) is 0 Å². The van der Waals surface area contributed by atoms with Gasteiger partial charge in [-0.2, -0.15) is 0 Å². The lowest BCUT2D eigenvalue weighted by molar-refractivity contribution is 0.442. The molecule has 0 atom stereocenters. The summed E-state index contributed by atoms with van der Waals surface area (Å²) in [7, 11) is 0. The van der Waals surface area contributed by atoms with E-state index >= 15 is 0 Å². The minimum absolute atomic E-state index is 0.223. The molecule has 1 aliphatic rings. The molecule has 1 aromatic heterocycles. The van der Waals surface area contributed by atoms with Crippen LogP contribution in [0.1, 0.15) is 45.4 Å². The molecule has 1 fully saturated rings. The van der Waals surface area contributed by atoms with Gasteiger partial charge < -0.3 is 10.7 Å². The van der Waals surface area contributed by atoms with Crippen LogP contribution in [0.25, 0.3) is 0 Å². The van der Waals surface area contributed by atoms with E-state index in [0.29, 0.717) is 11.7 Å². The monoisotopic (exact) mass is 235 g/mol. The van der Waals surface area contributed by atoms with Crippen molar-refractivity contribution in [2.24, 2.45) is 11.3 Å². The van der Waals surface area contributed by atoms with Crippen LogP contribution in [0.3, 0.4) is 0 Å². The van der Waals surface area contributed by atoms with Gasteiger partial charge in [-0.05, 0) is 18.3 Å². The largest absolute Gasteiger partial charge is 0.369 e. The van der Waals surface area contributed by atoms with Crippen LogP contribution in [0.4, 0.5) is 11.6 Å². The van der Waals surface area contributed by atoms with Crippen LogP contribution < -0.4 is 16.6 Å². The molecule has 5 nitrogen and oxygen atoms in total. The van der Waals surface area contributed by atoms with Gasteiger partial charge in [0.2, 0.25) is 0 Å². The fourth-order valence-electron chi connectivity index (χ4n) is 1.51. The third kappa shape index (κ3) is 3.56. The van der Waals surface area contributed by atoms with Gasteiger partial charge in [-0.25, -0.2) is 15.8 Å². The SMILES string of the molecule is CC(C)(C)CNc1cc(NN)nc(C2CC2)n1. The summed E-state index contributed by atoms with van der Waals surface area (Å²) in [5, 5.41) is 3.34. The maximum absolute atomic E-state index is 5.42. The number of anilines is 2. The number of rotatable bonds is 4. The second-order valence-corrected chi connectivity index (χ2v) is 5.83. The van der Waals surface area contributed by atoms with Crippen molar-refractivity contribution in [3.05, 3.63) is 11.9 Å². The molecule has 1 aliphatic carbocycles. The van der Waals surface area contributed by atoms with Gasteiger partial charge in [-0.1, -0.05) is 20.8 Å². The second-order valence-electron chi connectivity index (χ2n) is 5.83. The molecule has 5 heteroatoms. The number of aromatic nitrogens is 2. The molecule has 1 aromatic rings. The van der Waals surface area contributed by atoms with Gasteiger partial charge in [0, 0.05) is 18.5 Å². The number of nitrogens with two attached hydrogens (primary N) is 1. The quantitative estimate of drug-likeness (QED) is 0.550. The first-order valence-electron chi connectivity index (χ1n) is 6.07. The van der Waals surface area contributed by atoms with Crippen molar-refractivity contribution in [2.45, 2.75) is 39.5 Å². The summed E-state index contributed by atoms with van der Waals surface area (Å²) in [6.45, 7) is 7.43. The van der Waals surface area contributed by atoms with Crippen molar-refractivity contribution in [2.75, 3.05) is 17.3 Å². The number of nitrogens with one attached hydrogen (secondary N) is 2. The fourth-order valence-corrected chi connectivity index (χ4v) is 1.51. The Morgan fingerprint density at radius 1 is 1.29 bits per heavy atom. The third-order valence-electron chi connectivity index (χ3n) is 2.63. The zero-order valence-electron chi connectivity index (χ0n) is 10.7. The highest BCUT2D eigenvalue weighted by atomic mass is 15.3. The van der Waals surface area contributed by atoms with Crippen molar-refractivity contribution < 1.29 is 0 Å². The lowest BCUT2D eigenvalue weighted by Gasteiger charge is -2.19. The van der Waals surface area contributed by atoms with Crippen LogP contribution in [0.2, 0.25) is 0 Å². The second kappa shape index (κ2) is 4.49. The van der Waals surface area contributed by atoms with Gasteiger partial charge in [0.15, 0.2) is 0 Å². The van der Waals surface area contributed by atoms with Crippen LogP contribution in [0.15, 0.2) is 6.07 Å². The van der Waals surface area contributed by atoms with Crippen molar-refractivity contribution in [1.29, 1.82) is 0 Å². The predicted octanol–water partition coefficient (Wildman–Crippen LogP) is 2.10. The Bertz CT molecular complexity index is 392. The van der Waals surface area contributed by atoms with Crippen LogP contribution in [0, 0.1) is 5.41 Å². The molecule has 0 bridgehead atoms. The first-order valence-corrected chi connectivity index (χ1v) is 6.07. The lowest BCUT2D eigenvalue weighted by atomic mass is 9.97. The zero-order valence-corrected chi connectivity index (χ0v) is 10.7. The number of nitrogen functional groups attached to an aromatic ring is 1. The van der Waals surface area contributed by atoms with Crippen LogP contribution in [-0.4, -0.2) is 16.5 Å². The maximum atomic E-state index is 5.42. The summed E-state index contributed by atoms with van der Waals surface area (Å²) >= 11 is 0. The Labute approximate surface area is 102 Å². The van der Waals surface area contributed by atoms with E-state index in [9.17, 15) is 0 Å². The first-order chi connectivity index (χ1) is 7.98. The predicted molar refractivity (Wildman–Crippen MR) is 69.8 cm³/mol. The first kappa shape index (κ1) is 12.1. The number of hydrogen-bond acceptors (Lipinski definition) is 5. The Balaban J connectivity index is 2.12. The van der Waals surface area contributed by atoms with E-state index in [-0.39, 0.29) is 5.41 Å². The average molecular weight is 235 g/mol. The molecule has 0 unspecified atom stereocenters. The zero-order chi connectivity index (χ0) is 12.5. The molecule has 0 saturated heterocycles. The number of hydrogen-bond donors (Lipinski definition) is 3. The molecular weight excluding hydrogens is 214 g/mol. The number of hydrazine groups is 1. The minimum atomic E-state index is 0.223. The molecule has 1 saturated carbocycles. The average Bonchev–Trinajstić information content (AvgIpc) is 3.08. The summed E-state index contributed by atoms with van der Waals surface area (Å²) in [6.07, 6.45) is 2.37. The summed E-state index contributed by atoms with van der Waals surface area (Å²) in [5.41, 5.74) is 2.82. The smallest absolute Gasteiger partial charge is 0.145 e. The Hall–Kier alpha value is -1.36. The molecule has 2 rings (SSSR count). The molecule has 0 spiro atoms. The highest BCUT2D eigenvalue weighted by Crippen LogP contribution is 2.38. The number of nitrogens with zero attached hydrogens (tertiary/aromatic N) is 2. The highest BCUT2D eigenvalue weighted by Gasteiger charge is 2.27. The third-order valence-corrected chi connectivity index (χ3v) is 2.63. The maximum Gasteiger partial charge on any atom is 0.145 e. The topological polar surface area (TPSA) is 75.9 Å². The molecule has 0 amide bonds. The van der Waals surface area contributed by atoms with Gasteiger partial charge in [0.1, 0.15) is 17.5 Å². The molecule has 17 heavy (non-hydrogen) atoms. The molecule has 94 valence electrons. The molecule has 0 aromatic carbocycles. The lowest BCUT2D eigenvalue weighted by Crippen LogP contribution is -2.20. The van der Waals surface area contributed by atoms with Crippen molar-refractivity contribution in [1.82, 2.24) is 9.97 Å². The van der Waals surface area contributed by atoms with Crippen molar-refractivity contribution in [3.63, 3.8) is 0 Å². The van der Waals surface area contributed by atoms with Crippen LogP contribution >= 0.6 is 0 Å². The van der Waals surface area contributed by atoms with E-state index in [0.717, 1.165) is 18.2 Å². The summed E-state index contributed by atoms with van der Waals surface area (Å²) in [4.78, 5) is 8.90. The van der Waals surface area contributed by atoms with E-state index in [1.165, 1.54) is 12.8 Å². The van der Waals surface area contributed by atoms with E-state index in [2.05, 4.69) is 41.5 Å². The molecule has 0 radical (unpaired) electrons. The van der Waals surface area contributed by atoms with Gasteiger partial charge in [-0.3, -0.25) is 0 Å². The Morgan fingerprint density at radius 3 is 2.47 bits per heavy atom. The molecule has 4 N–H and O–H groups in total. The molecule has 1 heterocycles. The van der Waals surface area contributed by atoms with Crippen LogP contribution in [0.5, 0.6) is 0 Å². The van der Waals surface area contributed by atoms with Crippen molar-refractivity contribution >= 4 is 11.6 Å². The highest BCUT2D eigenvalue weighted by molar-refractivity contribution is 5.47. The molecular formula is C12H21N5. The van der Waals surface area contributed by atoms with Gasteiger partial charge >= 0.3 is 0 Å². The van der Waals surface area contributed by atoms with E-state index in [1.807, 2.05) is 6.07 Å². The van der Waals surface area contributed by atoms with Gasteiger partial charge in [0.25, 0.3) is 0 Å². The van der Waals surface area contributed by atoms with Gasteiger partial charge in [-0.15, -0.1) is 0 Å². The van der Waals surface area contributed by atoms with E-state index < -0.39 is 0 Å². The Kier molecular flexibility index (Phi) is 3.19. The summed E-state index contributed by atoms with van der Waals surface area (Å²) in [5.74, 6) is 8.38. The summed E-state index contributed by atoms with van der Waals surface area (Å²) in [6, 6.07) is 1.84. The fraction of sp³-hybridized carbons (Fsp3) is 0.667. The van der Waals surface area contributed by atoms with E-state index in [4.69, 9.17) is 5.84 Å².